The third kappa shape index (κ3) is 3.26. The molecule has 0 spiro atoms. The van der Waals surface area contributed by atoms with Crippen LogP contribution in [0, 0.1) is 17.1 Å². The van der Waals surface area contributed by atoms with Crippen molar-refractivity contribution < 1.29 is 22.7 Å². The number of aromatic carboxylic acids is 1. The lowest BCUT2D eigenvalue weighted by Gasteiger charge is -2.07. The second-order valence-electron chi connectivity index (χ2n) is 3.26. The first-order valence-corrected chi connectivity index (χ1v) is 6.26. The van der Waals surface area contributed by atoms with Crippen LogP contribution < -0.4 is 4.72 Å². The smallest absolute Gasteiger partial charge is 0.335 e. The van der Waals surface area contributed by atoms with Gasteiger partial charge in [-0.1, -0.05) is 0 Å². The van der Waals surface area contributed by atoms with Crippen molar-refractivity contribution in [1.29, 1.82) is 5.26 Å². The quantitative estimate of drug-likeness (QED) is 0.768. The minimum absolute atomic E-state index is 0.0700. The van der Waals surface area contributed by atoms with E-state index in [1.165, 1.54) is 0 Å². The van der Waals surface area contributed by atoms with Crippen LogP contribution in [0.2, 0.25) is 0 Å². The second-order valence-corrected chi connectivity index (χ2v) is 4.99. The predicted octanol–water partition coefficient (Wildman–Crippen LogP) is 0.716. The van der Waals surface area contributed by atoms with Crippen LogP contribution in [0.3, 0.4) is 0 Å². The molecule has 96 valence electrons. The second kappa shape index (κ2) is 5.57. The molecule has 0 unspecified atom stereocenters. The number of hydrogen-bond donors (Lipinski definition) is 2. The maximum Gasteiger partial charge on any atom is 0.335 e. The lowest BCUT2D eigenvalue weighted by molar-refractivity contribution is 0.0696. The van der Waals surface area contributed by atoms with Gasteiger partial charge in [0.1, 0.15) is 10.7 Å². The molecule has 1 aromatic carbocycles. The molecule has 18 heavy (non-hydrogen) atoms. The summed E-state index contributed by atoms with van der Waals surface area (Å²) in [4.78, 5) is 9.92. The molecule has 0 saturated carbocycles. The van der Waals surface area contributed by atoms with Crippen LogP contribution in [0.25, 0.3) is 0 Å². The Morgan fingerprint density at radius 1 is 1.50 bits per heavy atom. The number of halogens is 1. The van der Waals surface area contributed by atoms with Crippen molar-refractivity contribution in [1.82, 2.24) is 4.72 Å². The zero-order valence-corrected chi connectivity index (χ0v) is 9.87. The summed E-state index contributed by atoms with van der Waals surface area (Å²) in [6, 6.07) is 4.18. The number of carboxylic acids is 1. The van der Waals surface area contributed by atoms with E-state index >= 15 is 0 Å². The van der Waals surface area contributed by atoms with Crippen molar-refractivity contribution in [3.05, 3.63) is 29.6 Å². The minimum Gasteiger partial charge on any atom is -0.478 e. The third-order valence-electron chi connectivity index (χ3n) is 2.00. The van der Waals surface area contributed by atoms with Gasteiger partial charge < -0.3 is 5.11 Å². The maximum atomic E-state index is 13.4. The third-order valence-corrected chi connectivity index (χ3v) is 3.47. The number of benzene rings is 1. The van der Waals surface area contributed by atoms with E-state index in [0.29, 0.717) is 0 Å². The van der Waals surface area contributed by atoms with Crippen LogP contribution >= 0.6 is 0 Å². The van der Waals surface area contributed by atoms with Crippen LogP contribution in [0.15, 0.2) is 23.1 Å². The summed E-state index contributed by atoms with van der Waals surface area (Å²) < 4.78 is 38.7. The lowest BCUT2D eigenvalue weighted by Crippen LogP contribution is -2.25. The monoisotopic (exact) mass is 272 g/mol. The van der Waals surface area contributed by atoms with Crippen LogP contribution in [0.5, 0.6) is 0 Å². The Morgan fingerprint density at radius 2 is 2.17 bits per heavy atom. The number of nitrogens with zero attached hydrogens (tertiary/aromatic N) is 1. The van der Waals surface area contributed by atoms with Crippen LogP contribution in [-0.4, -0.2) is 26.0 Å². The molecule has 0 aliphatic carbocycles. The summed E-state index contributed by atoms with van der Waals surface area (Å²) in [5, 5.41) is 17.0. The first-order valence-electron chi connectivity index (χ1n) is 4.78. The van der Waals surface area contributed by atoms with Gasteiger partial charge in [0.2, 0.25) is 10.0 Å². The molecule has 0 aliphatic rings. The molecule has 0 saturated heterocycles. The molecule has 6 nitrogen and oxygen atoms in total. The summed E-state index contributed by atoms with van der Waals surface area (Å²) in [7, 11) is -4.16. The van der Waals surface area contributed by atoms with Gasteiger partial charge in [0.05, 0.1) is 11.6 Å². The number of rotatable bonds is 5. The van der Waals surface area contributed by atoms with Crippen molar-refractivity contribution in [3.63, 3.8) is 0 Å². The number of nitrogens with one attached hydrogen (secondary N) is 1. The highest BCUT2D eigenvalue weighted by molar-refractivity contribution is 7.89. The fourth-order valence-corrected chi connectivity index (χ4v) is 2.29. The molecule has 8 heteroatoms. The van der Waals surface area contributed by atoms with Crippen molar-refractivity contribution in [2.24, 2.45) is 0 Å². The van der Waals surface area contributed by atoms with E-state index in [1.54, 1.807) is 6.07 Å². The Kier molecular flexibility index (Phi) is 4.36. The maximum absolute atomic E-state index is 13.4. The van der Waals surface area contributed by atoms with Crippen LogP contribution in [-0.2, 0) is 10.0 Å². The fourth-order valence-electron chi connectivity index (χ4n) is 1.16. The number of sulfonamides is 1. The Balaban J connectivity index is 3.12. The van der Waals surface area contributed by atoms with Gasteiger partial charge in [-0.25, -0.2) is 22.3 Å². The van der Waals surface area contributed by atoms with Crippen molar-refractivity contribution in [2.45, 2.75) is 11.3 Å². The van der Waals surface area contributed by atoms with E-state index in [4.69, 9.17) is 10.4 Å². The fraction of sp³-hybridized carbons (Fsp3) is 0.200. The standard InChI is InChI=1S/C10H9FN2O4S/c11-8-3-2-7(10(14)15)6-9(8)18(16,17)13-5-1-4-12/h2-3,6,13H,1,5H2,(H,14,15). The van der Waals surface area contributed by atoms with E-state index in [9.17, 15) is 17.6 Å². The van der Waals surface area contributed by atoms with Crippen molar-refractivity contribution in [2.75, 3.05) is 6.54 Å². The van der Waals surface area contributed by atoms with Gasteiger partial charge in [-0.05, 0) is 18.2 Å². The average Bonchev–Trinajstić information content (AvgIpc) is 2.29. The van der Waals surface area contributed by atoms with Gasteiger partial charge in [-0.3, -0.25) is 0 Å². The molecule has 0 aliphatic heterocycles. The first-order chi connectivity index (χ1) is 8.38. The van der Waals surface area contributed by atoms with Gasteiger partial charge in [-0.2, -0.15) is 5.26 Å². The molecule has 2 N–H and O–H groups in total. The van der Waals surface area contributed by atoms with Gasteiger partial charge in [-0.15, -0.1) is 0 Å². The van der Waals surface area contributed by atoms with Gasteiger partial charge in [0, 0.05) is 13.0 Å². The van der Waals surface area contributed by atoms with Crippen molar-refractivity contribution >= 4 is 16.0 Å². The topological polar surface area (TPSA) is 107 Å². The highest BCUT2D eigenvalue weighted by Gasteiger charge is 2.20. The molecule has 0 heterocycles. The molecule has 0 bridgehead atoms. The van der Waals surface area contributed by atoms with E-state index in [-0.39, 0.29) is 18.5 Å². The highest BCUT2D eigenvalue weighted by atomic mass is 32.2. The zero-order chi connectivity index (χ0) is 13.8. The van der Waals surface area contributed by atoms with E-state index < -0.39 is 26.7 Å². The Hall–Kier alpha value is -1.98. The molecule has 1 rings (SSSR count). The first kappa shape index (κ1) is 14.1. The molecular formula is C10H9FN2O4S. The van der Waals surface area contributed by atoms with Crippen molar-refractivity contribution in [3.8, 4) is 6.07 Å². The normalized spacial score (nSPS) is 10.9. The molecule has 0 amide bonds. The predicted molar refractivity (Wildman–Crippen MR) is 58.8 cm³/mol. The molecule has 0 fully saturated rings. The van der Waals surface area contributed by atoms with Gasteiger partial charge in [0.15, 0.2) is 0 Å². The Morgan fingerprint density at radius 3 is 2.72 bits per heavy atom. The highest BCUT2D eigenvalue weighted by Crippen LogP contribution is 2.16. The number of nitriles is 1. The number of carboxylic acid groups (broad SMARTS) is 1. The lowest BCUT2D eigenvalue weighted by atomic mass is 10.2. The van der Waals surface area contributed by atoms with Gasteiger partial charge in [0.25, 0.3) is 0 Å². The van der Waals surface area contributed by atoms with Crippen LogP contribution in [0.1, 0.15) is 16.8 Å². The summed E-state index contributed by atoms with van der Waals surface area (Å²) in [6.45, 7) is -0.171. The Labute approximate surface area is 103 Å². The Bertz CT molecular complexity index is 607. The largest absolute Gasteiger partial charge is 0.478 e. The SMILES string of the molecule is N#CCCNS(=O)(=O)c1cc(C(=O)O)ccc1F. The number of carbonyl (C=O) groups is 1. The zero-order valence-electron chi connectivity index (χ0n) is 9.05. The molecule has 0 atom stereocenters. The van der Waals surface area contributed by atoms with Crippen LogP contribution in [0.4, 0.5) is 4.39 Å². The molecule has 1 aromatic rings. The van der Waals surface area contributed by atoms with E-state index in [0.717, 1.165) is 18.2 Å². The summed E-state index contributed by atoms with van der Waals surface area (Å²) >= 11 is 0. The summed E-state index contributed by atoms with van der Waals surface area (Å²) in [5.74, 6) is -2.41. The van der Waals surface area contributed by atoms with E-state index in [1.807, 2.05) is 4.72 Å². The molecular weight excluding hydrogens is 263 g/mol. The van der Waals surface area contributed by atoms with Gasteiger partial charge >= 0.3 is 5.97 Å². The summed E-state index contributed by atoms with van der Waals surface area (Å²) in [6.07, 6.45) is -0.0700. The number of hydrogen-bond acceptors (Lipinski definition) is 4. The minimum atomic E-state index is -4.16. The summed E-state index contributed by atoms with van der Waals surface area (Å²) in [5.41, 5.74) is -0.336. The molecule has 0 radical (unpaired) electrons. The van der Waals surface area contributed by atoms with E-state index in [2.05, 4.69) is 0 Å². The molecule has 0 aromatic heterocycles. The average molecular weight is 272 g/mol.